The first-order valence-corrected chi connectivity index (χ1v) is 12.3. The lowest BCUT2D eigenvalue weighted by molar-refractivity contribution is -0.123. The smallest absolute Gasteiger partial charge is 0.262 e. The van der Waals surface area contributed by atoms with E-state index in [1.165, 1.54) is 0 Å². The Morgan fingerprint density at radius 1 is 0.892 bits per heavy atom. The molecule has 4 rings (SSSR count). The third-order valence-corrected chi connectivity index (χ3v) is 6.09. The highest BCUT2D eigenvalue weighted by atomic mass is 16.5. The van der Waals surface area contributed by atoms with Gasteiger partial charge in [0.2, 0.25) is 0 Å². The van der Waals surface area contributed by atoms with Crippen LogP contribution in [0.2, 0.25) is 0 Å². The van der Waals surface area contributed by atoms with E-state index in [1.54, 1.807) is 18.3 Å². The highest BCUT2D eigenvalue weighted by Crippen LogP contribution is 2.27. The fraction of sp³-hybridized carbons (Fsp3) is 0.194. The molecule has 4 aromatic carbocycles. The van der Waals surface area contributed by atoms with Gasteiger partial charge in [0.15, 0.2) is 0 Å². The average molecular weight is 494 g/mol. The standard InChI is InChI=1S/C31H31N3O3/c1-21(2)29(33-30(35)25-15-13-22(3)14-16-25)31(36)34-32-19-27-26-12-8-7-11-24(26)17-18-28(27)37-20-23-9-5-4-6-10-23/h4-19,21,29H,20H2,1-3H3,(H,33,35)(H,34,36)/b32-19+. The van der Waals surface area contributed by atoms with E-state index in [-0.39, 0.29) is 11.8 Å². The number of benzene rings is 4. The van der Waals surface area contributed by atoms with Crippen molar-refractivity contribution in [3.8, 4) is 5.75 Å². The van der Waals surface area contributed by atoms with Crippen molar-refractivity contribution in [2.75, 3.05) is 0 Å². The van der Waals surface area contributed by atoms with Gasteiger partial charge in [-0.1, -0.05) is 92.2 Å². The van der Waals surface area contributed by atoms with Crippen molar-refractivity contribution in [2.24, 2.45) is 11.0 Å². The van der Waals surface area contributed by atoms with Crippen LogP contribution in [0, 0.1) is 12.8 Å². The van der Waals surface area contributed by atoms with Gasteiger partial charge in [-0.05, 0) is 47.4 Å². The topological polar surface area (TPSA) is 79.8 Å². The van der Waals surface area contributed by atoms with Gasteiger partial charge in [0.25, 0.3) is 11.8 Å². The van der Waals surface area contributed by atoms with E-state index >= 15 is 0 Å². The minimum absolute atomic E-state index is 0.132. The van der Waals surface area contributed by atoms with E-state index in [1.807, 2.05) is 99.6 Å². The van der Waals surface area contributed by atoms with Crippen molar-refractivity contribution in [2.45, 2.75) is 33.4 Å². The largest absolute Gasteiger partial charge is 0.488 e. The van der Waals surface area contributed by atoms with E-state index in [4.69, 9.17) is 4.74 Å². The normalized spacial score (nSPS) is 12.0. The number of rotatable bonds is 9. The van der Waals surface area contributed by atoms with Crippen LogP contribution >= 0.6 is 0 Å². The minimum Gasteiger partial charge on any atom is -0.488 e. The van der Waals surface area contributed by atoms with Crippen LogP contribution in [-0.2, 0) is 11.4 Å². The van der Waals surface area contributed by atoms with E-state index in [0.29, 0.717) is 17.9 Å². The number of hydrazone groups is 1. The molecule has 0 radical (unpaired) electrons. The maximum Gasteiger partial charge on any atom is 0.262 e. The van der Waals surface area contributed by atoms with Crippen molar-refractivity contribution >= 4 is 28.8 Å². The van der Waals surface area contributed by atoms with Gasteiger partial charge in [0.1, 0.15) is 18.4 Å². The maximum absolute atomic E-state index is 13.0. The fourth-order valence-electron chi connectivity index (χ4n) is 3.96. The molecule has 0 heterocycles. The number of amides is 2. The zero-order valence-electron chi connectivity index (χ0n) is 21.3. The molecule has 37 heavy (non-hydrogen) atoms. The minimum atomic E-state index is -0.743. The maximum atomic E-state index is 13.0. The molecular formula is C31H31N3O3. The van der Waals surface area contributed by atoms with Gasteiger partial charge < -0.3 is 10.1 Å². The molecule has 0 saturated carbocycles. The van der Waals surface area contributed by atoms with Crippen LogP contribution in [0.15, 0.2) is 96.1 Å². The monoisotopic (exact) mass is 493 g/mol. The molecule has 6 nitrogen and oxygen atoms in total. The van der Waals surface area contributed by atoms with Crippen molar-refractivity contribution in [1.82, 2.24) is 10.7 Å². The summed E-state index contributed by atoms with van der Waals surface area (Å²) in [6.07, 6.45) is 1.60. The van der Waals surface area contributed by atoms with Crippen LogP contribution in [0.5, 0.6) is 5.75 Å². The summed E-state index contributed by atoms with van der Waals surface area (Å²) in [5.41, 5.74) is 5.98. The number of ether oxygens (including phenoxy) is 1. The van der Waals surface area contributed by atoms with E-state index < -0.39 is 11.9 Å². The molecule has 0 fully saturated rings. The number of hydrogen-bond donors (Lipinski definition) is 2. The molecule has 0 aliphatic heterocycles. The number of nitrogens with one attached hydrogen (secondary N) is 2. The summed E-state index contributed by atoms with van der Waals surface area (Å²) in [6.45, 7) is 6.12. The number of hydrogen-bond acceptors (Lipinski definition) is 4. The average Bonchev–Trinajstić information content (AvgIpc) is 2.91. The lowest BCUT2D eigenvalue weighted by Crippen LogP contribution is -2.48. The number of carbonyl (C=O) groups is 2. The van der Waals surface area contributed by atoms with Crippen LogP contribution in [0.1, 0.15) is 40.9 Å². The first-order chi connectivity index (χ1) is 17.9. The second kappa shape index (κ2) is 12.0. The summed E-state index contributed by atoms with van der Waals surface area (Å²) < 4.78 is 6.12. The highest BCUT2D eigenvalue weighted by Gasteiger charge is 2.24. The van der Waals surface area contributed by atoms with E-state index in [9.17, 15) is 9.59 Å². The predicted molar refractivity (Wildman–Crippen MR) is 148 cm³/mol. The third-order valence-electron chi connectivity index (χ3n) is 6.09. The Kier molecular flexibility index (Phi) is 8.31. The highest BCUT2D eigenvalue weighted by molar-refractivity contribution is 6.03. The number of carbonyl (C=O) groups excluding carboxylic acids is 2. The summed E-state index contributed by atoms with van der Waals surface area (Å²) in [5, 5.41) is 9.07. The van der Waals surface area contributed by atoms with Gasteiger partial charge in [-0.15, -0.1) is 0 Å². The summed E-state index contributed by atoms with van der Waals surface area (Å²) >= 11 is 0. The second-order valence-electron chi connectivity index (χ2n) is 9.27. The van der Waals surface area contributed by atoms with Crippen LogP contribution in [0.3, 0.4) is 0 Å². The molecule has 0 spiro atoms. The third kappa shape index (κ3) is 6.61. The lowest BCUT2D eigenvalue weighted by atomic mass is 10.0. The predicted octanol–water partition coefficient (Wildman–Crippen LogP) is 5.63. The van der Waals surface area contributed by atoms with E-state index in [2.05, 4.69) is 15.8 Å². The Labute approximate surface area is 217 Å². The van der Waals surface area contributed by atoms with Crippen LogP contribution in [-0.4, -0.2) is 24.1 Å². The first kappa shape index (κ1) is 25.6. The molecular weight excluding hydrogens is 462 g/mol. The lowest BCUT2D eigenvalue weighted by Gasteiger charge is -2.20. The number of aryl methyl sites for hydroxylation is 1. The summed E-state index contributed by atoms with van der Waals surface area (Å²) in [6, 6.07) is 28.2. The van der Waals surface area contributed by atoms with Gasteiger partial charge in [0.05, 0.1) is 6.21 Å². The number of nitrogens with zero attached hydrogens (tertiary/aromatic N) is 1. The van der Waals surface area contributed by atoms with Gasteiger partial charge >= 0.3 is 0 Å². The zero-order chi connectivity index (χ0) is 26.2. The zero-order valence-corrected chi connectivity index (χ0v) is 21.3. The molecule has 1 unspecified atom stereocenters. The van der Waals surface area contributed by atoms with Gasteiger partial charge in [-0.2, -0.15) is 5.10 Å². The Morgan fingerprint density at radius 3 is 2.32 bits per heavy atom. The first-order valence-electron chi connectivity index (χ1n) is 12.3. The second-order valence-corrected chi connectivity index (χ2v) is 9.27. The Morgan fingerprint density at radius 2 is 1.59 bits per heavy atom. The van der Waals surface area contributed by atoms with Crippen molar-refractivity contribution in [3.05, 3.63) is 113 Å². The van der Waals surface area contributed by atoms with E-state index in [0.717, 1.165) is 27.5 Å². The van der Waals surface area contributed by atoms with Gasteiger partial charge in [0, 0.05) is 11.1 Å². The fourth-order valence-corrected chi connectivity index (χ4v) is 3.96. The molecule has 0 aliphatic rings. The Balaban J connectivity index is 1.51. The summed E-state index contributed by atoms with van der Waals surface area (Å²) in [4.78, 5) is 25.7. The number of fused-ring (bicyclic) bond motifs is 1. The van der Waals surface area contributed by atoms with Crippen LogP contribution in [0.25, 0.3) is 10.8 Å². The molecule has 6 heteroatoms. The molecule has 2 amide bonds. The molecule has 2 N–H and O–H groups in total. The molecule has 188 valence electrons. The van der Waals surface area contributed by atoms with Crippen LogP contribution in [0.4, 0.5) is 0 Å². The SMILES string of the molecule is Cc1ccc(C(=O)NC(C(=O)N/N=C/c2c(OCc3ccccc3)ccc3ccccc23)C(C)C)cc1. The van der Waals surface area contributed by atoms with Crippen molar-refractivity contribution in [1.29, 1.82) is 0 Å². The Hall–Kier alpha value is -4.45. The van der Waals surface area contributed by atoms with Crippen molar-refractivity contribution < 1.29 is 14.3 Å². The molecule has 0 aliphatic carbocycles. The molecule has 0 bridgehead atoms. The molecule has 4 aromatic rings. The summed E-state index contributed by atoms with van der Waals surface area (Å²) in [7, 11) is 0. The quantitative estimate of drug-likeness (QED) is 0.234. The molecule has 0 saturated heterocycles. The van der Waals surface area contributed by atoms with Gasteiger partial charge in [-0.3, -0.25) is 9.59 Å². The van der Waals surface area contributed by atoms with Crippen molar-refractivity contribution in [3.63, 3.8) is 0 Å². The molecule has 1 atom stereocenters. The van der Waals surface area contributed by atoms with Gasteiger partial charge in [-0.25, -0.2) is 5.43 Å². The summed E-state index contributed by atoms with van der Waals surface area (Å²) in [5.74, 6) is -0.164. The Bertz CT molecular complexity index is 1400. The molecule has 0 aromatic heterocycles. The van der Waals surface area contributed by atoms with Crippen LogP contribution < -0.4 is 15.5 Å².